The summed E-state index contributed by atoms with van der Waals surface area (Å²) >= 11 is -1.11. The molecule has 0 fully saturated rings. The Morgan fingerprint density at radius 1 is 1.17 bits per heavy atom. The molecule has 0 aliphatic heterocycles. The Hall–Kier alpha value is 1.73. The fourth-order valence-corrected chi connectivity index (χ4v) is 0. The fraction of sp³-hybridized carbons (Fsp3) is 0. The second kappa shape index (κ2) is 9.88. The van der Waals surface area contributed by atoms with Crippen molar-refractivity contribution in [2.45, 2.75) is 0 Å². The van der Waals surface area contributed by atoms with Crippen molar-refractivity contribution in [1.82, 2.24) is 0 Å². The summed E-state index contributed by atoms with van der Waals surface area (Å²) in [6.45, 7) is 0. The predicted molar refractivity (Wildman–Crippen MR) is 31.1 cm³/mol. The van der Waals surface area contributed by atoms with Crippen molar-refractivity contribution in [2.24, 2.45) is 0 Å². The Balaban J connectivity index is 0. The molecule has 0 aliphatic rings. The first-order valence-corrected chi connectivity index (χ1v) is 6.76. The van der Waals surface area contributed by atoms with E-state index in [1.54, 1.807) is 0 Å². The molecule has 0 bridgehead atoms. The molecule has 0 aromatic rings. The first-order valence-electron chi connectivity index (χ1n) is 0.943. The Morgan fingerprint density at radius 2 is 1.17 bits per heavy atom. The van der Waals surface area contributed by atoms with E-state index in [1.165, 1.54) is 0 Å². The summed E-state index contributed by atoms with van der Waals surface area (Å²) in [6, 6.07) is 0. The minimum atomic E-state index is -1.72. The Labute approximate surface area is 61.2 Å². The molecule has 0 aromatic carbocycles. The van der Waals surface area contributed by atoms with Gasteiger partial charge in [-0.15, -0.1) is 0 Å². The monoisotopic (exact) mass is 176 g/mol. The van der Waals surface area contributed by atoms with Gasteiger partial charge in [0.1, 0.15) is 0 Å². The second-order valence-electron chi connectivity index (χ2n) is 0.247. The molecule has 0 spiro atoms. The molecule has 1 nitrogen and oxygen atoms in total. The van der Waals surface area contributed by atoms with E-state index in [9.17, 15) is 0 Å². The predicted octanol–water partition coefficient (Wildman–Crippen LogP) is 0.920. The van der Waals surface area contributed by atoms with Gasteiger partial charge in [0, 0.05) is 0 Å². The van der Waals surface area contributed by atoms with E-state index in [1.807, 2.05) is 0 Å². The average molecular weight is 177 g/mol. The van der Waals surface area contributed by atoms with E-state index in [0.29, 0.717) is 16.2 Å². The molecule has 0 radical (unpaired) electrons. The van der Waals surface area contributed by atoms with E-state index >= 15 is 0 Å². The van der Waals surface area contributed by atoms with Crippen LogP contribution in [0.5, 0.6) is 0 Å². The standard InChI is InChI=1S/2Al.3ClH.O.H/h;;3*1H;;/q;+3;;;;;/p-3. The van der Waals surface area contributed by atoms with Crippen LogP contribution in [0.15, 0.2) is 0 Å². The van der Waals surface area contributed by atoms with Crippen LogP contribution in [0.25, 0.3) is 0 Å². The molecular weight excluding hydrogens is 176 g/mol. The van der Waals surface area contributed by atoms with Crippen LogP contribution in [-0.4, -0.2) is 27.6 Å². The van der Waals surface area contributed by atoms with Gasteiger partial charge in [0.25, 0.3) is 0 Å². The minimum absolute atomic E-state index is 0.611. The van der Waals surface area contributed by atoms with Crippen molar-refractivity contribution in [2.75, 3.05) is 0 Å². The molecule has 0 amide bonds. The van der Waals surface area contributed by atoms with Gasteiger partial charge in [-0.2, -0.15) is 0 Å². The number of hydrogen-bond acceptors (Lipinski definition) is 1. The number of rotatable bonds is 0. The first kappa shape index (κ1) is 10.7. The topological polar surface area (TPSA) is 17.1 Å². The summed E-state index contributed by atoms with van der Waals surface area (Å²) < 4.78 is 8.28. The van der Waals surface area contributed by atoms with Gasteiger partial charge in [-0.25, -0.2) is 30.1 Å². The molecule has 0 rings (SSSR count). The van der Waals surface area contributed by atoms with Crippen molar-refractivity contribution in [1.29, 1.82) is 0 Å². The zero-order valence-corrected chi connectivity index (χ0v) is 7.66. The van der Waals surface area contributed by atoms with Gasteiger partial charge in [0.05, 0.1) is 0 Å². The third kappa shape index (κ3) is 42.7. The van der Waals surface area contributed by atoms with Crippen LogP contribution in [0.4, 0.5) is 0 Å². The normalized spacial score (nSPS) is 5.00. The van der Waals surface area contributed by atoms with Crippen LogP contribution in [0.1, 0.15) is 0 Å². The quantitative estimate of drug-likeness (QED) is 0.503. The van der Waals surface area contributed by atoms with E-state index in [-0.39, 0.29) is 0 Å². The third-order valence-corrected chi connectivity index (χ3v) is 0. The average Bonchev–Trinajstić information content (AvgIpc) is 1.41. The van der Waals surface area contributed by atoms with E-state index in [0.717, 1.165) is 0 Å². The molecule has 6 heavy (non-hydrogen) atoms. The summed E-state index contributed by atoms with van der Waals surface area (Å²) in [5, 5.41) is 0. The molecule has 0 aliphatic carbocycles. The van der Waals surface area contributed by atoms with Crippen LogP contribution >= 0.6 is 30.1 Å². The van der Waals surface area contributed by atoms with Gasteiger partial charge in [-0.05, 0) is 0 Å². The zero-order chi connectivity index (χ0) is 5.58. The van der Waals surface area contributed by atoms with E-state index < -0.39 is 11.4 Å². The van der Waals surface area contributed by atoms with Crippen molar-refractivity contribution < 1.29 is 3.80 Å². The Kier molecular flexibility index (Phi) is 17.6. The Bertz CT molecular complexity index is 20.0. The Morgan fingerprint density at radius 3 is 1.17 bits per heavy atom. The van der Waals surface area contributed by atoms with Crippen LogP contribution in [-0.2, 0) is 3.80 Å². The van der Waals surface area contributed by atoms with Crippen LogP contribution in [0, 0.1) is 0 Å². The summed E-state index contributed by atoms with van der Waals surface area (Å²) in [5.74, 6) is 0. The molecule has 0 atom stereocenters. The van der Waals surface area contributed by atoms with Gasteiger partial charge < -0.3 is 0 Å². The van der Waals surface area contributed by atoms with Gasteiger partial charge in [0.15, 0.2) is 0 Å². The maximum atomic E-state index is 8.28. The van der Waals surface area contributed by atoms with Crippen molar-refractivity contribution in [3.8, 4) is 0 Å². The molecule has 6 heteroatoms. The van der Waals surface area contributed by atoms with E-state index in [2.05, 4.69) is 0 Å². The molecular formula is HAl2Cl3O. The van der Waals surface area contributed by atoms with Crippen LogP contribution in [0.3, 0.4) is 0 Å². The summed E-state index contributed by atoms with van der Waals surface area (Å²) in [7, 11) is 14.8. The molecule has 0 unspecified atom stereocenters. The maximum absolute atomic E-state index is 8.28. The number of halogens is 3. The summed E-state index contributed by atoms with van der Waals surface area (Å²) in [4.78, 5) is 0. The van der Waals surface area contributed by atoms with Crippen molar-refractivity contribution >= 4 is 57.8 Å². The molecule has 0 N–H and O–H groups in total. The number of hydrogen-bond donors (Lipinski definition) is 0. The zero-order valence-electron chi connectivity index (χ0n) is 2.83. The summed E-state index contributed by atoms with van der Waals surface area (Å²) in [5.41, 5.74) is 0. The van der Waals surface area contributed by atoms with Crippen LogP contribution in [0.2, 0.25) is 0 Å². The molecule has 0 heterocycles. The van der Waals surface area contributed by atoms with Crippen molar-refractivity contribution in [3.05, 3.63) is 0 Å². The van der Waals surface area contributed by atoms with Crippen molar-refractivity contribution in [3.63, 3.8) is 0 Å². The molecule has 0 saturated heterocycles. The second-order valence-corrected chi connectivity index (χ2v) is 6.68. The fourth-order valence-electron chi connectivity index (χ4n) is 0. The SMILES string of the molecule is [Cl][Al]([Cl])[Cl].[O]=[AlH]. The van der Waals surface area contributed by atoms with Gasteiger partial charge >= 0.3 is 31.4 Å². The summed E-state index contributed by atoms with van der Waals surface area (Å²) in [6.07, 6.45) is 0. The van der Waals surface area contributed by atoms with Crippen LogP contribution < -0.4 is 0 Å². The van der Waals surface area contributed by atoms with Gasteiger partial charge in [-0.3, -0.25) is 0 Å². The molecule has 34 valence electrons. The third-order valence-electron chi connectivity index (χ3n) is 0. The molecule has 0 saturated carbocycles. The van der Waals surface area contributed by atoms with E-state index in [4.69, 9.17) is 34.0 Å². The van der Waals surface area contributed by atoms with Gasteiger partial charge in [-0.1, -0.05) is 0 Å². The van der Waals surface area contributed by atoms with Gasteiger partial charge in [0.2, 0.25) is 0 Å². The molecule has 0 aromatic heterocycles. The first-order chi connectivity index (χ1) is 2.73.